The van der Waals surface area contributed by atoms with Gasteiger partial charge < -0.3 is 10.6 Å². The van der Waals surface area contributed by atoms with Crippen molar-refractivity contribution in [2.75, 3.05) is 20.1 Å². The predicted molar refractivity (Wildman–Crippen MR) is 85.3 cm³/mol. The summed E-state index contributed by atoms with van der Waals surface area (Å²) in [7, 11) is 2.23. The molecule has 0 unspecified atom stereocenters. The van der Waals surface area contributed by atoms with Crippen LogP contribution in [0.25, 0.3) is 0 Å². The van der Waals surface area contributed by atoms with Gasteiger partial charge in [0.2, 0.25) is 0 Å². The molecule has 0 aliphatic heterocycles. The van der Waals surface area contributed by atoms with E-state index in [1.54, 1.807) is 0 Å². The molecule has 0 amide bonds. The highest BCUT2D eigenvalue weighted by atomic mass is 15.1. The Morgan fingerprint density at radius 2 is 1.85 bits per heavy atom. The van der Waals surface area contributed by atoms with Crippen molar-refractivity contribution in [2.24, 2.45) is 11.7 Å². The molecule has 0 heterocycles. The molecule has 1 aliphatic carbocycles. The third kappa shape index (κ3) is 5.00. The van der Waals surface area contributed by atoms with Crippen molar-refractivity contribution in [1.29, 1.82) is 0 Å². The molecule has 1 aliphatic rings. The first-order valence-electron chi connectivity index (χ1n) is 7.74. The first-order chi connectivity index (χ1) is 9.78. The average molecular weight is 270 g/mol. The van der Waals surface area contributed by atoms with Gasteiger partial charge in [0.25, 0.3) is 0 Å². The fraction of sp³-hybridized carbons (Fsp3) is 0.556. The van der Waals surface area contributed by atoms with Crippen molar-refractivity contribution < 1.29 is 0 Å². The summed E-state index contributed by atoms with van der Waals surface area (Å²) < 4.78 is 0. The molecular formula is C18H26N2. The van der Waals surface area contributed by atoms with Crippen molar-refractivity contribution in [1.82, 2.24) is 4.90 Å². The molecule has 1 aromatic rings. The summed E-state index contributed by atoms with van der Waals surface area (Å²) in [6.07, 6.45) is 7.11. The molecule has 0 bridgehead atoms. The van der Waals surface area contributed by atoms with Crippen LogP contribution < -0.4 is 5.73 Å². The van der Waals surface area contributed by atoms with Crippen molar-refractivity contribution in [3.05, 3.63) is 35.4 Å². The molecule has 108 valence electrons. The van der Waals surface area contributed by atoms with Crippen molar-refractivity contribution >= 4 is 0 Å². The first kappa shape index (κ1) is 15.1. The molecule has 2 heteroatoms. The van der Waals surface area contributed by atoms with Crippen molar-refractivity contribution in [3.63, 3.8) is 0 Å². The van der Waals surface area contributed by atoms with E-state index in [9.17, 15) is 0 Å². The molecule has 1 aromatic carbocycles. The van der Waals surface area contributed by atoms with Crippen molar-refractivity contribution in [2.45, 2.75) is 38.6 Å². The van der Waals surface area contributed by atoms with Gasteiger partial charge in [0.1, 0.15) is 0 Å². The molecule has 2 nitrogen and oxygen atoms in total. The monoisotopic (exact) mass is 270 g/mol. The maximum absolute atomic E-state index is 5.38. The predicted octanol–water partition coefficient (Wildman–Crippen LogP) is 3.01. The van der Waals surface area contributed by atoms with E-state index in [0.717, 1.165) is 18.0 Å². The molecule has 1 fully saturated rings. The molecule has 0 aromatic heterocycles. The summed E-state index contributed by atoms with van der Waals surface area (Å²) >= 11 is 0. The Balaban J connectivity index is 1.82. The lowest BCUT2D eigenvalue weighted by Gasteiger charge is -2.27. The zero-order valence-electron chi connectivity index (χ0n) is 12.6. The number of hydrogen-bond donors (Lipinski definition) is 1. The van der Waals surface area contributed by atoms with E-state index in [-0.39, 0.29) is 0 Å². The Labute approximate surface area is 123 Å². The van der Waals surface area contributed by atoms with Crippen LogP contribution >= 0.6 is 0 Å². The molecule has 0 atom stereocenters. The van der Waals surface area contributed by atoms with Crippen LogP contribution in [0, 0.1) is 17.8 Å². The van der Waals surface area contributed by atoms with Gasteiger partial charge in [-0.05, 0) is 43.5 Å². The van der Waals surface area contributed by atoms with Gasteiger partial charge >= 0.3 is 0 Å². The molecule has 0 saturated heterocycles. The van der Waals surface area contributed by atoms with Gasteiger partial charge in [-0.2, -0.15) is 0 Å². The highest BCUT2D eigenvalue weighted by Gasteiger charge is 2.15. The number of rotatable bonds is 4. The van der Waals surface area contributed by atoms with Crippen LogP contribution in [0.15, 0.2) is 24.3 Å². The molecule has 0 radical (unpaired) electrons. The van der Waals surface area contributed by atoms with E-state index < -0.39 is 0 Å². The Morgan fingerprint density at radius 1 is 1.15 bits per heavy atom. The third-order valence-electron chi connectivity index (χ3n) is 4.04. The Hall–Kier alpha value is -1.30. The van der Waals surface area contributed by atoms with Crippen LogP contribution in [-0.4, -0.2) is 25.0 Å². The van der Waals surface area contributed by atoms with Crippen LogP contribution in [0.1, 0.15) is 43.2 Å². The van der Waals surface area contributed by atoms with Crippen LogP contribution in [0.2, 0.25) is 0 Å². The molecular weight excluding hydrogens is 244 g/mol. The van der Waals surface area contributed by atoms with Crippen LogP contribution in [0.4, 0.5) is 0 Å². The minimum Gasteiger partial charge on any atom is -0.320 e. The SMILES string of the molecule is CN(Cc1ccc(C#CCN)cc1)CC1CCCCC1. The quantitative estimate of drug-likeness (QED) is 0.852. The summed E-state index contributed by atoms with van der Waals surface area (Å²) in [5.41, 5.74) is 7.79. The molecule has 0 spiro atoms. The Morgan fingerprint density at radius 3 is 2.50 bits per heavy atom. The molecule has 1 saturated carbocycles. The lowest BCUT2D eigenvalue weighted by molar-refractivity contribution is 0.228. The van der Waals surface area contributed by atoms with Gasteiger partial charge in [-0.3, -0.25) is 0 Å². The van der Waals surface area contributed by atoms with Crippen molar-refractivity contribution in [3.8, 4) is 11.8 Å². The van der Waals surface area contributed by atoms with E-state index >= 15 is 0 Å². The van der Waals surface area contributed by atoms with E-state index in [4.69, 9.17) is 5.73 Å². The summed E-state index contributed by atoms with van der Waals surface area (Å²) in [4.78, 5) is 2.45. The second-order valence-corrected chi connectivity index (χ2v) is 5.90. The zero-order valence-corrected chi connectivity index (χ0v) is 12.6. The van der Waals surface area contributed by atoms with E-state index in [2.05, 4.69) is 48.1 Å². The lowest BCUT2D eigenvalue weighted by Crippen LogP contribution is -2.26. The maximum atomic E-state index is 5.38. The van der Waals surface area contributed by atoms with E-state index in [1.807, 2.05) is 0 Å². The maximum Gasteiger partial charge on any atom is 0.0555 e. The summed E-state index contributed by atoms with van der Waals surface area (Å²) in [6.45, 7) is 2.68. The highest BCUT2D eigenvalue weighted by Crippen LogP contribution is 2.24. The fourth-order valence-electron chi connectivity index (χ4n) is 3.03. The number of hydrogen-bond acceptors (Lipinski definition) is 2. The largest absolute Gasteiger partial charge is 0.320 e. The van der Waals surface area contributed by atoms with Gasteiger partial charge in [-0.1, -0.05) is 43.2 Å². The van der Waals surface area contributed by atoms with E-state index in [0.29, 0.717) is 6.54 Å². The number of nitrogens with two attached hydrogens (primary N) is 1. The minimum absolute atomic E-state index is 0.422. The van der Waals surface area contributed by atoms with Crippen LogP contribution in [-0.2, 0) is 6.54 Å². The number of benzene rings is 1. The minimum atomic E-state index is 0.422. The standard InChI is InChI=1S/C18H26N2/c1-20(14-17-6-3-2-4-7-17)15-18-11-9-16(10-12-18)8-5-13-19/h9-12,17H,2-4,6-7,13-15,19H2,1H3. The normalized spacial score (nSPS) is 15.9. The third-order valence-corrected chi connectivity index (χ3v) is 4.04. The number of nitrogens with zero attached hydrogens (tertiary/aromatic N) is 1. The van der Waals surface area contributed by atoms with E-state index in [1.165, 1.54) is 44.2 Å². The van der Waals surface area contributed by atoms with Gasteiger partial charge in [0, 0.05) is 18.7 Å². The Kier molecular flexibility index (Phi) is 6.11. The van der Waals surface area contributed by atoms with Crippen LogP contribution in [0.3, 0.4) is 0 Å². The summed E-state index contributed by atoms with van der Waals surface area (Å²) in [5, 5.41) is 0. The zero-order chi connectivity index (χ0) is 14.2. The summed E-state index contributed by atoms with van der Waals surface area (Å²) in [5.74, 6) is 6.85. The summed E-state index contributed by atoms with van der Waals surface area (Å²) in [6, 6.07) is 8.54. The second-order valence-electron chi connectivity index (χ2n) is 5.90. The molecule has 2 N–H and O–H groups in total. The fourth-order valence-corrected chi connectivity index (χ4v) is 3.03. The highest BCUT2D eigenvalue weighted by molar-refractivity contribution is 5.36. The lowest BCUT2D eigenvalue weighted by atomic mass is 9.89. The van der Waals surface area contributed by atoms with Crippen LogP contribution in [0.5, 0.6) is 0 Å². The van der Waals surface area contributed by atoms with Gasteiger partial charge in [0.15, 0.2) is 0 Å². The first-order valence-corrected chi connectivity index (χ1v) is 7.74. The van der Waals surface area contributed by atoms with Gasteiger partial charge in [-0.15, -0.1) is 0 Å². The second kappa shape index (κ2) is 8.09. The molecule has 20 heavy (non-hydrogen) atoms. The topological polar surface area (TPSA) is 29.3 Å². The average Bonchev–Trinajstić information content (AvgIpc) is 2.47. The molecule has 2 rings (SSSR count). The Bertz CT molecular complexity index is 447. The smallest absolute Gasteiger partial charge is 0.0555 e. The van der Waals surface area contributed by atoms with Gasteiger partial charge in [-0.25, -0.2) is 0 Å². The van der Waals surface area contributed by atoms with Gasteiger partial charge in [0.05, 0.1) is 6.54 Å².